The summed E-state index contributed by atoms with van der Waals surface area (Å²) in [4.78, 5) is 0. The highest BCUT2D eigenvalue weighted by atomic mass is 16.5. The first-order valence-electron chi connectivity index (χ1n) is 5.52. The van der Waals surface area contributed by atoms with E-state index in [-0.39, 0.29) is 12.2 Å². The lowest BCUT2D eigenvalue weighted by atomic mass is 10.0. The van der Waals surface area contributed by atoms with Crippen LogP contribution in [0, 0.1) is 11.8 Å². The van der Waals surface area contributed by atoms with Crippen molar-refractivity contribution in [2.45, 2.75) is 50.7 Å². The Morgan fingerprint density at radius 2 is 2.00 bits per heavy atom. The first-order valence-corrected chi connectivity index (χ1v) is 5.52. The van der Waals surface area contributed by atoms with Gasteiger partial charge in [-0.15, -0.1) is 0 Å². The van der Waals surface area contributed by atoms with Gasteiger partial charge in [0.25, 0.3) is 0 Å². The molecule has 13 heavy (non-hydrogen) atoms. The summed E-state index contributed by atoms with van der Waals surface area (Å²) >= 11 is 0. The second-order valence-electron chi connectivity index (χ2n) is 4.63. The molecule has 0 saturated heterocycles. The molecule has 1 N–H and O–H groups in total. The van der Waals surface area contributed by atoms with Crippen LogP contribution >= 0.6 is 0 Å². The zero-order chi connectivity index (χ0) is 9.26. The summed E-state index contributed by atoms with van der Waals surface area (Å²) in [6, 6.07) is 0. The number of hydrogen-bond donors (Lipinski definition) is 1. The van der Waals surface area contributed by atoms with E-state index in [1.807, 2.05) is 0 Å². The summed E-state index contributed by atoms with van der Waals surface area (Å²) in [7, 11) is 1.73. The molecule has 0 amide bonds. The fourth-order valence-electron chi connectivity index (χ4n) is 2.07. The summed E-state index contributed by atoms with van der Waals surface area (Å²) < 4.78 is 5.34. The molecule has 0 aliphatic heterocycles. The van der Waals surface area contributed by atoms with E-state index in [9.17, 15) is 5.11 Å². The molecule has 0 spiro atoms. The normalized spacial score (nSPS) is 27.2. The van der Waals surface area contributed by atoms with Crippen molar-refractivity contribution in [3.8, 4) is 0 Å². The lowest BCUT2D eigenvalue weighted by molar-refractivity contribution is -0.0292. The lowest BCUT2D eigenvalue weighted by Gasteiger charge is -2.21. The molecular formula is C11H20O2. The van der Waals surface area contributed by atoms with Gasteiger partial charge in [-0.25, -0.2) is 0 Å². The molecule has 2 heteroatoms. The molecule has 2 atom stereocenters. The van der Waals surface area contributed by atoms with Crippen LogP contribution in [0.25, 0.3) is 0 Å². The van der Waals surface area contributed by atoms with Crippen LogP contribution in [0.5, 0.6) is 0 Å². The molecule has 2 fully saturated rings. The third-order valence-corrected chi connectivity index (χ3v) is 3.31. The van der Waals surface area contributed by atoms with Crippen LogP contribution in [0.1, 0.15) is 38.5 Å². The van der Waals surface area contributed by atoms with E-state index < -0.39 is 0 Å². The van der Waals surface area contributed by atoms with E-state index in [1.165, 1.54) is 32.1 Å². The predicted octanol–water partition coefficient (Wildman–Crippen LogP) is 1.96. The Morgan fingerprint density at radius 3 is 2.46 bits per heavy atom. The molecular weight excluding hydrogens is 164 g/mol. The van der Waals surface area contributed by atoms with E-state index in [0.29, 0.717) is 5.92 Å². The van der Waals surface area contributed by atoms with Crippen LogP contribution in [-0.2, 0) is 4.74 Å². The predicted molar refractivity (Wildman–Crippen MR) is 51.5 cm³/mol. The maximum absolute atomic E-state index is 9.87. The van der Waals surface area contributed by atoms with Gasteiger partial charge in [-0.2, -0.15) is 0 Å². The second kappa shape index (κ2) is 3.97. The average molecular weight is 184 g/mol. The van der Waals surface area contributed by atoms with Crippen LogP contribution in [-0.4, -0.2) is 24.4 Å². The fraction of sp³-hybridized carbons (Fsp3) is 1.00. The minimum Gasteiger partial charge on any atom is -0.390 e. The van der Waals surface area contributed by atoms with Crippen molar-refractivity contribution in [3.63, 3.8) is 0 Å². The van der Waals surface area contributed by atoms with Crippen molar-refractivity contribution in [2.75, 3.05) is 7.11 Å². The van der Waals surface area contributed by atoms with Gasteiger partial charge < -0.3 is 9.84 Å². The fourth-order valence-corrected chi connectivity index (χ4v) is 2.07. The van der Waals surface area contributed by atoms with E-state index in [0.717, 1.165) is 12.3 Å². The highest BCUT2D eigenvalue weighted by Crippen LogP contribution is 2.38. The Labute approximate surface area is 80.3 Å². The van der Waals surface area contributed by atoms with Crippen molar-refractivity contribution in [3.05, 3.63) is 0 Å². The van der Waals surface area contributed by atoms with Gasteiger partial charge in [0, 0.05) is 7.11 Å². The van der Waals surface area contributed by atoms with E-state index in [1.54, 1.807) is 7.11 Å². The summed E-state index contributed by atoms with van der Waals surface area (Å²) in [6.07, 6.45) is 7.32. The van der Waals surface area contributed by atoms with Crippen LogP contribution in [0.15, 0.2) is 0 Å². The quantitative estimate of drug-likeness (QED) is 0.683. The van der Waals surface area contributed by atoms with Gasteiger partial charge in [0.05, 0.1) is 12.2 Å². The largest absolute Gasteiger partial charge is 0.390 e. The minimum absolute atomic E-state index is 0.124. The highest BCUT2D eigenvalue weighted by molar-refractivity contribution is 4.87. The summed E-state index contributed by atoms with van der Waals surface area (Å²) in [5, 5.41) is 9.87. The minimum atomic E-state index is -0.210. The summed E-state index contributed by atoms with van der Waals surface area (Å²) in [6.45, 7) is 0. The topological polar surface area (TPSA) is 29.5 Å². The molecule has 2 nitrogen and oxygen atoms in total. The number of hydrogen-bond acceptors (Lipinski definition) is 2. The van der Waals surface area contributed by atoms with Gasteiger partial charge >= 0.3 is 0 Å². The lowest BCUT2D eigenvalue weighted by Crippen LogP contribution is -2.30. The molecule has 2 rings (SSSR count). The molecule has 2 saturated carbocycles. The third-order valence-electron chi connectivity index (χ3n) is 3.31. The van der Waals surface area contributed by atoms with E-state index >= 15 is 0 Å². The monoisotopic (exact) mass is 184 g/mol. The molecule has 2 unspecified atom stereocenters. The first kappa shape index (κ1) is 9.47. The van der Waals surface area contributed by atoms with Crippen LogP contribution in [0.4, 0.5) is 0 Å². The summed E-state index contributed by atoms with van der Waals surface area (Å²) in [5.74, 6) is 1.57. The Morgan fingerprint density at radius 1 is 1.31 bits per heavy atom. The summed E-state index contributed by atoms with van der Waals surface area (Å²) in [5.41, 5.74) is 0. The number of aliphatic hydroxyl groups excluding tert-OH is 1. The van der Waals surface area contributed by atoms with E-state index in [4.69, 9.17) is 4.74 Å². The van der Waals surface area contributed by atoms with Crippen molar-refractivity contribution >= 4 is 0 Å². The molecule has 0 aromatic rings. The molecule has 76 valence electrons. The maximum atomic E-state index is 9.87. The third kappa shape index (κ3) is 2.68. The van der Waals surface area contributed by atoms with Gasteiger partial charge in [0.2, 0.25) is 0 Å². The SMILES string of the molecule is COC(C(O)CCC1CC1)C1CC1. The molecule has 0 radical (unpaired) electrons. The van der Waals surface area contributed by atoms with Gasteiger partial charge in [-0.3, -0.25) is 0 Å². The van der Waals surface area contributed by atoms with Crippen molar-refractivity contribution in [1.82, 2.24) is 0 Å². The highest BCUT2D eigenvalue weighted by Gasteiger charge is 2.36. The Bertz CT molecular complexity index is 161. The standard InChI is InChI=1S/C11H20O2/c1-13-11(9-5-6-9)10(12)7-4-8-2-3-8/h8-12H,2-7H2,1H3. The van der Waals surface area contributed by atoms with Crippen molar-refractivity contribution < 1.29 is 9.84 Å². The smallest absolute Gasteiger partial charge is 0.0858 e. The number of ether oxygens (including phenoxy) is 1. The second-order valence-corrected chi connectivity index (χ2v) is 4.63. The molecule has 0 aromatic heterocycles. The van der Waals surface area contributed by atoms with Crippen molar-refractivity contribution in [2.24, 2.45) is 11.8 Å². The van der Waals surface area contributed by atoms with Crippen LogP contribution < -0.4 is 0 Å². The molecule has 0 bridgehead atoms. The first-order chi connectivity index (χ1) is 6.31. The van der Waals surface area contributed by atoms with Crippen LogP contribution in [0.2, 0.25) is 0 Å². The van der Waals surface area contributed by atoms with Gasteiger partial charge in [-0.1, -0.05) is 12.8 Å². The average Bonchev–Trinajstić information content (AvgIpc) is 2.97. The number of aliphatic hydroxyl groups is 1. The maximum Gasteiger partial charge on any atom is 0.0858 e. The molecule has 0 heterocycles. The Hall–Kier alpha value is -0.0800. The van der Waals surface area contributed by atoms with Gasteiger partial charge in [0.15, 0.2) is 0 Å². The van der Waals surface area contributed by atoms with Crippen LogP contribution in [0.3, 0.4) is 0 Å². The zero-order valence-corrected chi connectivity index (χ0v) is 8.41. The molecule has 2 aliphatic rings. The molecule has 0 aromatic carbocycles. The van der Waals surface area contributed by atoms with Gasteiger partial charge in [0.1, 0.15) is 0 Å². The van der Waals surface area contributed by atoms with E-state index in [2.05, 4.69) is 0 Å². The Kier molecular flexibility index (Phi) is 2.89. The number of rotatable bonds is 6. The zero-order valence-electron chi connectivity index (χ0n) is 8.41. The van der Waals surface area contributed by atoms with Crippen molar-refractivity contribution in [1.29, 1.82) is 0 Å². The Balaban J connectivity index is 1.68. The number of methoxy groups -OCH3 is 1. The molecule has 2 aliphatic carbocycles. The van der Waals surface area contributed by atoms with Gasteiger partial charge in [-0.05, 0) is 37.5 Å².